The van der Waals surface area contributed by atoms with E-state index in [0.29, 0.717) is 12.6 Å². The Balaban J connectivity index is 1.90. The second-order valence-electron chi connectivity index (χ2n) is 6.76. The molecule has 2 N–H and O–H groups in total. The van der Waals surface area contributed by atoms with Gasteiger partial charge in [0, 0.05) is 25.7 Å². The molecule has 1 aliphatic rings. The molecule has 2 aromatic carbocycles. The minimum absolute atomic E-state index is 0.347. The molecular formula is C19H26N2. The molecule has 0 saturated carbocycles. The molecule has 0 bridgehead atoms. The van der Waals surface area contributed by atoms with E-state index in [0.717, 1.165) is 11.8 Å². The predicted molar refractivity (Wildman–Crippen MR) is 90.3 cm³/mol. The highest BCUT2D eigenvalue weighted by molar-refractivity contribution is 5.83. The van der Waals surface area contributed by atoms with E-state index in [-0.39, 0.29) is 0 Å². The maximum absolute atomic E-state index is 6.13. The molecule has 1 fully saturated rings. The summed E-state index contributed by atoms with van der Waals surface area (Å²) >= 11 is 0. The lowest BCUT2D eigenvalue weighted by Crippen LogP contribution is -2.43. The smallest absolute Gasteiger partial charge is 0.0470 e. The van der Waals surface area contributed by atoms with Crippen molar-refractivity contribution in [1.29, 1.82) is 0 Å². The van der Waals surface area contributed by atoms with Gasteiger partial charge in [0.2, 0.25) is 0 Å². The van der Waals surface area contributed by atoms with Crippen LogP contribution < -0.4 is 5.73 Å². The number of nitrogens with two attached hydrogens (primary N) is 1. The average molecular weight is 282 g/mol. The monoisotopic (exact) mass is 282 g/mol. The first-order valence-electron chi connectivity index (χ1n) is 8.10. The second kappa shape index (κ2) is 6.17. The Bertz CT molecular complexity index is 597. The van der Waals surface area contributed by atoms with E-state index in [1.165, 1.54) is 35.8 Å². The summed E-state index contributed by atoms with van der Waals surface area (Å²) in [4.78, 5) is 2.59. The molecule has 0 aromatic heterocycles. The first-order chi connectivity index (χ1) is 10.2. The van der Waals surface area contributed by atoms with Crippen molar-refractivity contribution in [1.82, 2.24) is 4.90 Å². The summed E-state index contributed by atoms with van der Waals surface area (Å²) in [6.07, 6.45) is 1.34. The van der Waals surface area contributed by atoms with E-state index in [9.17, 15) is 0 Å². The SMILES string of the molecule is CC1CC(C)CN(C(CN)c2ccc3ccccc3c2)C1. The number of benzene rings is 2. The Hall–Kier alpha value is -1.38. The van der Waals surface area contributed by atoms with Gasteiger partial charge in [-0.3, -0.25) is 4.90 Å². The lowest BCUT2D eigenvalue weighted by Gasteiger charge is -2.40. The quantitative estimate of drug-likeness (QED) is 0.927. The highest BCUT2D eigenvalue weighted by Gasteiger charge is 2.27. The first kappa shape index (κ1) is 14.6. The van der Waals surface area contributed by atoms with E-state index in [2.05, 4.69) is 61.2 Å². The van der Waals surface area contributed by atoms with Crippen molar-refractivity contribution < 1.29 is 0 Å². The Kier molecular flexibility index (Phi) is 4.27. The maximum Gasteiger partial charge on any atom is 0.0470 e. The average Bonchev–Trinajstić information content (AvgIpc) is 2.47. The summed E-state index contributed by atoms with van der Waals surface area (Å²) in [5.41, 5.74) is 7.49. The lowest BCUT2D eigenvalue weighted by atomic mass is 9.89. The van der Waals surface area contributed by atoms with Gasteiger partial charge in [0.1, 0.15) is 0 Å². The van der Waals surface area contributed by atoms with E-state index in [1.807, 2.05) is 0 Å². The molecule has 3 rings (SSSR count). The predicted octanol–water partition coefficient (Wildman–Crippen LogP) is 3.82. The van der Waals surface area contributed by atoms with Gasteiger partial charge in [-0.15, -0.1) is 0 Å². The molecule has 2 nitrogen and oxygen atoms in total. The minimum Gasteiger partial charge on any atom is -0.329 e. The topological polar surface area (TPSA) is 29.3 Å². The molecule has 0 spiro atoms. The van der Waals surface area contributed by atoms with Crippen molar-refractivity contribution in [3.8, 4) is 0 Å². The van der Waals surface area contributed by atoms with Gasteiger partial charge in [0.15, 0.2) is 0 Å². The third-order valence-electron chi connectivity index (χ3n) is 4.72. The second-order valence-corrected chi connectivity index (χ2v) is 6.76. The molecule has 0 radical (unpaired) electrons. The van der Waals surface area contributed by atoms with Gasteiger partial charge >= 0.3 is 0 Å². The Morgan fingerprint density at radius 2 is 1.71 bits per heavy atom. The normalized spacial score (nSPS) is 25.1. The van der Waals surface area contributed by atoms with Crippen LogP contribution in [-0.2, 0) is 0 Å². The number of hydrogen-bond donors (Lipinski definition) is 1. The molecule has 0 aliphatic carbocycles. The first-order valence-corrected chi connectivity index (χ1v) is 8.10. The number of fused-ring (bicyclic) bond motifs is 1. The molecule has 21 heavy (non-hydrogen) atoms. The minimum atomic E-state index is 0.347. The number of nitrogens with zero attached hydrogens (tertiary/aromatic N) is 1. The van der Waals surface area contributed by atoms with Gasteiger partial charge < -0.3 is 5.73 Å². The standard InChI is InChI=1S/C19H26N2/c1-14-9-15(2)13-21(12-14)19(11-20)18-8-7-16-5-3-4-6-17(16)10-18/h3-8,10,14-15,19H,9,11-13,20H2,1-2H3. The fourth-order valence-electron chi connectivity index (χ4n) is 3.88. The van der Waals surface area contributed by atoms with Crippen molar-refractivity contribution in [2.24, 2.45) is 17.6 Å². The van der Waals surface area contributed by atoms with E-state index in [1.54, 1.807) is 0 Å². The molecule has 3 unspecified atom stereocenters. The van der Waals surface area contributed by atoms with Crippen molar-refractivity contribution in [2.45, 2.75) is 26.3 Å². The van der Waals surface area contributed by atoms with Crippen LogP contribution in [-0.4, -0.2) is 24.5 Å². The van der Waals surface area contributed by atoms with Gasteiger partial charge in [-0.05, 0) is 40.7 Å². The third-order valence-corrected chi connectivity index (χ3v) is 4.72. The molecule has 2 aromatic rings. The van der Waals surface area contributed by atoms with Crippen molar-refractivity contribution in [2.75, 3.05) is 19.6 Å². The van der Waals surface area contributed by atoms with Crippen LogP contribution in [0.15, 0.2) is 42.5 Å². The lowest BCUT2D eigenvalue weighted by molar-refractivity contribution is 0.0985. The molecule has 1 saturated heterocycles. The van der Waals surface area contributed by atoms with Crippen molar-refractivity contribution >= 4 is 10.8 Å². The Morgan fingerprint density at radius 3 is 2.38 bits per heavy atom. The van der Waals surface area contributed by atoms with Gasteiger partial charge in [-0.1, -0.05) is 50.2 Å². The van der Waals surface area contributed by atoms with Gasteiger partial charge in [-0.25, -0.2) is 0 Å². The third kappa shape index (κ3) is 3.12. The van der Waals surface area contributed by atoms with Crippen molar-refractivity contribution in [3.63, 3.8) is 0 Å². The van der Waals surface area contributed by atoms with E-state index < -0.39 is 0 Å². The molecule has 0 amide bonds. The van der Waals surface area contributed by atoms with Crippen LogP contribution in [0, 0.1) is 11.8 Å². The molecular weight excluding hydrogens is 256 g/mol. The van der Waals surface area contributed by atoms with Crippen LogP contribution in [0.2, 0.25) is 0 Å². The zero-order valence-corrected chi connectivity index (χ0v) is 13.1. The molecule has 2 heteroatoms. The van der Waals surface area contributed by atoms with Crippen LogP contribution in [0.5, 0.6) is 0 Å². The summed E-state index contributed by atoms with van der Waals surface area (Å²) in [6, 6.07) is 15.7. The number of hydrogen-bond acceptors (Lipinski definition) is 2. The number of rotatable bonds is 3. The van der Waals surface area contributed by atoms with E-state index >= 15 is 0 Å². The summed E-state index contributed by atoms with van der Waals surface area (Å²) in [6.45, 7) is 7.74. The zero-order chi connectivity index (χ0) is 14.8. The highest BCUT2D eigenvalue weighted by atomic mass is 15.2. The van der Waals surface area contributed by atoms with Gasteiger partial charge in [0.25, 0.3) is 0 Å². The summed E-state index contributed by atoms with van der Waals surface area (Å²) in [7, 11) is 0. The van der Waals surface area contributed by atoms with Crippen LogP contribution in [0.1, 0.15) is 31.9 Å². The molecule has 3 atom stereocenters. The van der Waals surface area contributed by atoms with Gasteiger partial charge in [-0.2, -0.15) is 0 Å². The molecule has 1 aliphatic heterocycles. The fraction of sp³-hybridized carbons (Fsp3) is 0.474. The summed E-state index contributed by atoms with van der Waals surface area (Å²) in [5, 5.41) is 2.61. The Labute approximate surface area is 127 Å². The highest BCUT2D eigenvalue weighted by Crippen LogP contribution is 2.30. The molecule has 1 heterocycles. The van der Waals surface area contributed by atoms with Crippen molar-refractivity contribution in [3.05, 3.63) is 48.0 Å². The zero-order valence-electron chi connectivity index (χ0n) is 13.1. The van der Waals surface area contributed by atoms with Crippen LogP contribution in [0.4, 0.5) is 0 Å². The number of piperidine rings is 1. The maximum atomic E-state index is 6.13. The van der Waals surface area contributed by atoms with Gasteiger partial charge in [0.05, 0.1) is 0 Å². The van der Waals surface area contributed by atoms with Crippen LogP contribution in [0.25, 0.3) is 10.8 Å². The molecule has 112 valence electrons. The Morgan fingerprint density at radius 1 is 1.05 bits per heavy atom. The fourth-order valence-corrected chi connectivity index (χ4v) is 3.88. The van der Waals surface area contributed by atoms with Crippen LogP contribution >= 0.6 is 0 Å². The van der Waals surface area contributed by atoms with Crippen LogP contribution in [0.3, 0.4) is 0 Å². The summed E-state index contributed by atoms with van der Waals surface area (Å²) < 4.78 is 0. The number of likely N-dealkylation sites (tertiary alicyclic amines) is 1. The largest absolute Gasteiger partial charge is 0.329 e. The van der Waals surface area contributed by atoms with E-state index in [4.69, 9.17) is 5.73 Å². The summed E-state index contributed by atoms with van der Waals surface area (Å²) in [5.74, 6) is 1.53.